The van der Waals surface area contributed by atoms with Crippen molar-refractivity contribution in [1.82, 2.24) is 19.9 Å². The third-order valence-corrected chi connectivity index (χ3v) is 6.57. The van der Waals surface area contributed by atoms with E-state index in [-0.39, 0.29) is 0 Å². The third kappa shape index (κ3) is 3.18. The summed E-state index contributed by atoms with van der Waals surface area (Å²) in [5.74, 6) is 3.67. The fourth-order valence-electron chi connectivity index (χ4n) is 5.05. The quantitative estimate of drug-likeness (QED) is 0.877. The fourth-order valence-corrected chi connectivity index (χ4v) is 5.05. The van der Waals surface area contributed by atoms with Crippen LogP contribution in [0.1, 0.15) is 55.6 Å². The van der Waals surface area contributed by atoms with E-state index in [1.165, 1.54) is 31.2 Å². The van der Waals surface area contributed by atoms with Gasteiger partial charge in [-0.05, 0) is 24.3 Å². The molecule has 3 aliphatic rings. The summed E-state index contributed by atoms with van der Waals surface area (Å²) >= 11 is 0. The zero-order chi connectivity index (χ0) is 19.1. The van der Waals surface area contributed by atoms with E-state index in [2.05, 4.69) is 58.7 Å². The summed E-state index contributed by atoms with van der Waals surface area (Å²) in [5, 5.41) is 8.55. The lowest BCUT2D eigenvalue weighted by Gasteiger charge is -2.25. The molecule has 0 amide bonds. The van der Waals surface area contributed by atoms with Crippen molar-refractivity contribution < 1.29 is 0 Å². The number of rotatable bonds is 4. The number of aromatic nitrogens is 2. The Bertz CT molecular complexity index is 891. The highest BCUT2D eigenvalue weighted by Gasteiger charge is 2.36. The van der Waals surface area contributed by atoms with Gasteiger partial charge in [0, 0.05) is 31.5 Å². The number of amidine groups is 1. The van der Waals surface area contributed by atoms with Crippen molar-refractivity contribution in [3.63, 3.8) is 0 Å². The molecule has 1 aromatic carbocycles. The lowest BCUT2D eigenvalue weighted by molar-refractivity contribution is 0.318. The maximum atomic E-state index is 5.05. The van der Waals surface area contributed by atoms with Crippen molar-refractivity contribution in [3.8, 4) is 0 Å². The molecule has 5 nitrogen and oxygen atoms in total. The summed E-state index contributed by atoms with van der Waals surface area (Å²) < 4.78 is 2.08. The Morgan fingerprint density at radius 3 is 2.71 bits per heavy atom. The van der Waals surface area contributed by atoms with Crippen LogP contribution < -0.4 is 5.32 Å². The highest BCUT2D eigenvalue weighted by atomic mass is 15.4. The van der Waals surface area contributed by atoms with Gasteiger partial charge in [0.05, 0.1) is 11.9 Å². The van der Waals surface area contributed by atoms with Gasteiger partial charge in [0.1, 0.15) is 17.4 Å². The Morgan fingerprint density at radius 1 is 1.14 bits per heavy atom. The molecule has 2 aromatic rings. The normalized spacial score (nSPS) is 25.6. The van der Waals surface area contributed by atoms with Crippen molar-refractivity contribution in [2.24, 2.45) is 16.9 Å². The van der Waals surface area contributed by atoms with E-state index in [1.54, 1.807) is 0 Å². The van der Waals surface area contributed by atoms with Crippen molar-refractivity contribution in [2.45, 2.75) is 45.1 Å². The molecule has 5 heteroatoms. The highest BCUT2D eigenvalue weighted by molar-refractivity contribution is 5.93. The molecule has 2 fully saturated rings. The summed E-state index contributed by atoms with van der Waals surface area (Å²) in [5.41, 5.74) is 3.31. The van der Waals surface area contributed by atoms with Crippen LogP contribution in [-0.2, 0) is 6.54 Å². The first-order chi connectivity index (χ1) is 13.7. The molecule has 2 aliphatic heterocycles. The maximum Gasteiger partial charge on any atom is 0.133 e. The molecule has 1 saturated carbocycles. The number of imidazole rings is 1. The van der Waals surface area contributed by atoms with Crippen LogP contribution >= 0.6 is 0 Å². The highest BCUT2D eigenvalue weighted by Crippen LogP contribution is 2.36. The first-order valence-corrected chi connectivity index (χ1v) is 10.6. The van der Waals surface area contributed by atoms with Gasteiger partial charge in [0.15, 0.2) is 0 Å². The minimum absolute atomic E-state index is 0.396. The van der Waals surface area contributed by atoms with Gasteiger partial charge in [-0.25, -0.2) is 9.66 Å². The summed E-state index contributed by atoms with van der Waals surface area (Å²) in [4.78, 5) is 7.27. The Balaban J connectivity index is 1.38. The number of nitrogens with zero attached hydrogens (tertiary/aromatic N) is 4. The molecule has 1 aromatic heterocycles. The molecular weight excluding hydrogens is 346 g/mol. The Morgan fingerprint density at radius 2 is 1.93 bits per heavy atom. The van der Waals surface area contributed by atoms with Gasteiger partial charge in [-0.1, -0.05) is 56.7 Å². The number of nitrogens with one attached hydrogen (secondary N) is 1. The molecule has 2 unspecified atom stereocenters. The first kappa shape index (κ1) is 17.7. The zero-order valence-corrected chi connectivity index (χ0v) is 16.6. The van der Waals surface area contributed by atoms with Gasteiger partial charge in [-0.3, -0.25) is 4.90 Å². The van der Waals surface area contributed by atoms with Crippen LogP contribution in [0.25, 0.3) is 5.70 Å². The molecule has 28 heavy (non-hydrogen) atoms. The standard InChI is InChI=1S/C23H29N5/c1-16-13-27(14-18-8-4-3-5-9-18)15-20(16)22-25-17(2)21-12-24-23(28(21)26-22)19-10-6-7-11-19/h3-5,8-9,12,16,19-20H,2,6-7,10-11,13-15H2,1H3,(H,25,26). The minimum atomic E-state index is 0.396. The second-order valence-electron chi connectivity index (χ2n) is 8.65. The van der Waals surface area contributed by atoms with Crippen LogP contribution in [0, 0.1) is 11.8 Å². The lowest BCUT2D eigenvalue weighted by Crippen LogP contribution is -2.37. The number of likely N-dealkylation sites (tertiary alicyclic amines) is 1. The van der Waals surface area contributed by atoms with Crippen molar-refractivity contribution >= 4 is 11.5 Å². The second kappa shape index (κ2) is 7.21. The molecular formula is C23H29N5. The number of hydrogen-bond acceptors (Lipinski definition) is 4. The smallest absolute Gasteiger partial charge is 0.133 e. The van der Waals surface area contributed by atoms with Crippen LogP contribution in [-0.4, -0.2) is 33.5 Å². The Labute approximate surface area is 167 Å². The summed E-state index contributed by atoms with van der Waals surface area (Å²) in [6.07, 6.45) is 6.99. The van der Waals surface area contributed by atoms with Crippen LogP contribution in [0.3, 0.4) is 0 Å². The SMILES string of the molecule is C=C1NC(C2CN(Cc3ccccc3)CC2C)=Nn2c1cnc2C1CCCC1. The van der Waals surface area contributed by atoms with Crippen LogP contribution in [0.4, 0.5) is 0 Å². The maximum absolute atomic E-state index is 5.05. The van der Waals surface area contributed by atoms with Gasteiger partial charge >= 0.3 is 0 Å². The molecule has 1 aliphatic carbocycles. The van der Waals surface area contributed by atoms with E-state index in [4.69, 9.17) is 10.1 Å². The summed E-state index contributed by atoms with van der Waals surface area (Å²) in [6.45, 7) is 9.72. The van der Waals surface area contributed by atoms with Crippen LogP contribution in [0.15, 0.2) is 48.2 Å². The van der Waals surface area contributed by atoms with Crippen molar-refractivity contribution in [1.29, 1.82) is 0 Å². The molecule has 0 spiro atoms. The average Bonchev–Trinajstić information content (AvgIpc) is 3.42. The van der Waals surface area contributed by atoms with Gasteiger partial charge in [-0.2, -0.15) is 5.10 Å². The molecule has 0 radical (unpaired) electrons. The summed E-state index contributed by atoms with van der Waals surface area (Å²) in [6, 6.07) is 10.7. The summed E-state index contributed by atoms with van der Waals surface area (Å²) in [7, 11) is 0. The van der Waals surface area contributed by atoms with E-state index < -0.39 is 0 Å². The van der Waals surface area contributed by atoms with E-state index in [0.29, 0.717) is 17.8 Å². The first-order valence-electron chi connectivity index (χ1n) is 10.6. The van der Waals surface area contributed by atoms with Gasteiger partial charge in [-0.15, -0.1) is 0 Å². The van der Waals surface area contributed by atoms with E-state index in [1.807, 2.05) is 6.20 Å². The zero-order valence-electron chi connectivity index (χ0n) is 16.6. The average molecular weight is 376 g/mol. The third-order valence-electron chi connectivity index (χ3n) is 6.57. The van der Waals surface area contributed by atoms with E-state index in [0.717, 1.165) is 42.7 Å². The largest absolute Gasteiger partial charge is 0.341 e. The monoisotopic (exact) mass is 375 g/mol. The molecule has 146 valence electrons. The van der Waals surface area contributed by atoms with E-state index in [9.17, 15) is 0 Å². The molecule has 5 rings (SSSR count). The van der Waals surface area contributed by atoms with Crippen molar-refractivity contribution in [2.75, 3.05) is 13.1 Å². The van der Waals surface area contributed by atoms with Gasteiger partial charge < -0.3 is 5.32 Å². The molecule has 1 N–H and O–H groups in total. The van der Waals surface area contributed by atoms with Crippen LogP contribution in [0.2, 0.25) is 0 Å². The predicted molar refractivity (Wildman–Crippen MR) is 113 cm³/mol. The van der Waals surface area contributed by atoms with Gasteiger partial charge in [0.25, 0.3) is 0 Å². The predicted octanol–water partition coefficient (Wildman–Crippen LogP) is 4.04. The molecule has 0 bridgehead atoms. The molecule has 2 atom stereocenters. The second-order valence-corrected chi connectivity index (χ2v) is 8.65. The molecule has 3 heterocycles. The topological polar surface area (TPSA) is 45.5 Å². The number of benzene rings is 1. The fraction of sp³-hybridized carbons (Fsp3) is 0.478. The number of hydrogen-bond donors (Lipinski definition) is 1. The van der Waals surface area contributed by atoms with Crippen molar-refractivity contribution in [3.05, 3.63) is 60.2 Å². The Hall–Kier alpha value is -2.40. The van der Waals surface area contributed by atoms with Crippen LogP contribution in [0.5, 0.6) is 0 Å². The molecule has 1 saturated heterocycles. The van der Waals surface area contributed by atoms with Gasteiger partial charge in [0.2, 0.25) is 0 Å². The Kier molecular flexibility index (Phi) is 4.55. The van der Waals surface area contributed by atoms with E-state index >= 15 is 0 Å². The number of fused-ring (bicyclic) bond motifs is 1. The minimum Gasteiger partial charge on any atom is -0.341 e. The lowest BCUT2D eigenvalue weighted by atomic mass is 9.96.